The Morgan fingerprint density at radius 3 is 1.72 bits per heavy atom. The molecule has 0 fully saturated rings. The van der Waals surface area contributed by atoms with E-state index in [0.717, 1.165) is 22.5 Å². The molecule has 0 aliphatic carbocycles. The fraction of sp³-hybridized carbons (Fsp3) is 0.400. The molecule has 2 aromatic carbocycles. The molecule has 3 rings (SSSR count). The molecule has 36 heavy (non-hydrogen) atoms. The molecular weight excluding hydrogens is 454 g/mol. The molecule has 1 aliphatic rings. The van der Waals surface area contributed by atoms with Crippen LogP contribution in [0.5, 0.6) is 5.75 Å². The van der Waals surface area contributed by atoms with Gasteiger partial charge in [0.1, 0.15) is 12.4 Å². The van der Waals surface area contributed by atoms with Crippen LogP contribution in [-0.2, 0) is 25.7 Å². The first-order valence-electron chi connectivity index (χ1n) is 12.6. The molecule has 0 saturated carbocycles. The Labute approximate surface area is 214 Å². The minimum atomic E-state index is -0.623. The average Bonchev–Trinajstić information content (AvgIpc) is 2.87. The van der Waals surface area contributed by atoms with Crippen LogP contribution >= 0.6 is 0 Å². The molecule has 1 N–H and O–H groups in total. The minimum absolute atomic E-state index is 0.0119. The summed E-state index contributed by atoms with van der Waals surface area (Å²) in [7, 11) is 0. The van der Waals surface area contributed by atoms with Gasteiger partial charge in [0.25, 0.3) is 0 Å². The standard InChI is InChI=1S/C30H37NO5/c1-7-34-29(32)25-24(22-14-16-23(17-15-22)36-18-21-12-10-9-11-13-21)26(30(33)35-8-2)28(20(5)6)31-27(25)19(3)4/h9-17,19-20,24,31H,7-8,18H2,1-6H3. The molecule has 6 heteroatoms. The number of hydrogen-bond acceptors (Lipinski definition) is 6. The van der Waals surface area contributed by atoms with E-state index in [1.807, 2.05) is 82.3 Å². The smallest absolute Gasteiger partial charge is 0.336 e. The van der Waals surface area contributed by atoms with E-state index >= 15 is 0 Å². The predicted octanol–water partition coefficient (Wildman–Crippen LogP) is 5.90. The maximum absolute atomic E-state index is 13.3. The van der Waals surface area contributed by atoms with Crippen LogP contribution in [0.2, 0.25) is 0 Å². The monoisotopic (exact) mass is 491 g/mol. The van der Waals surface area contributed by atoms with Gasteiger partial charge in [0.05, 0.1) is 30.3 Å². The average molecular weight is 492 g/mol. The maximum Gasteiger partial charge on any atom is 0.336 e. The Hall–Kier alpha value is -3.54. The van der Waals surface area contributed by atoms with E-state index in [2.05, 4.69) is 5.32 Å². The third-order valence-electron chi connectivity index (χ3n) is 6.03. The van der Waals surface area contributed by atoms with E-state index in [4.69, 9.17) is 14.2 Å². The third-order valence-corrected chi connectivity index (χ3v) is 6.03. The number of carbonyl (C=O) groups excluding carboxylic acids is 2. The topological polar surface area (TPSA) is 73.9 Å². The summed E-state index contributed by atoms with van der Waals surface area (Å²) in [5.41, 5.74) is 4.28. The summed E-state index contributed by atoms with van der Waals surface area (Å²) >= 11 is 0. The Morgan fingerprint density at radius 1 is 0.778 bits per heavy atom. The number of rotatable bonds is 10. The Bertz CT molecular complexity index is 1070. The fourth-order valence-electron chi connectivity index (χ4n) is 4.35. The summed E-state index contributed by atoms with van der Waals surface area (Å²) in [5, 5.41) is 3.41. The largest absolute Gasteiger partial charge is 0.489 e. The first-order chi connectivity index (χ1) is 17.3. The lowest BCUT2D eigenvalue weighted by molar-refractivity contribution is -0.139. The van der Waals surface area contributed by atoms with Gasteiger partial charge in [-0.3, -0.25) is 0 Å². The van der Waals surface area contributed by atoms with E-state index in [0.29, 0.717) is 23.5 Å². The SMILES string of the molecule is CCOC(=O)C1=C(C(C)C)NC(C(C)C)=C(C(=O)OCC)C1c1ccc(OCc2ccccc2)cc1. The van der Waals surface area contributed by atoms with Crippen LogP contribution in [0.25, 0.3) is 0 Å². The number of hydrogen-bond donors (Lipinski definition) is 1. The van der Waals surface area contributed by atoms with E-state index in [-0.39, 0.29) is 25.0 Å². The molecule has 0 bridgehead atoms. The zero-order chi connectivity index (χ0) is 26.2. The molecule has 0 atom stereocenters. The van der Waals surface area contributed by atoms with Gasteiger partial charge in [0, 0.05) is 11.4 Å². The summed E-state index contributed by atoms with van der Waals surface area (Å²) in [6.07, 6.45) is 0. The molecule has 0 radical (unpaired) electrons. The van der Waals surface area contributed by atoms with Gasteiger partial charge in [0.15, 0.2) is 0 Å². The molecule has 0 aromatic heterocycles. The summed E-state index contributed by atoms with van der Waals surface area (Å²) in [4.78, 5) is 26.6. The van der Waals surface area contributed by atoms with Crippen molar-refractivity contribution in [1.29, 1.82) is 0 Å². The van der Waals surface area contributed by atoms with Crippen molar-refractivity contribution in [2.45, 2.75) is 54.1 Å². The molecule has 0 unspecified atom stereocenters. The molecule has 192 valence electrons. The molecule has 2 aromatic rings. The van der Waals surface area contributed by atoms with Crippen molar-refractivity contribution in [2.24, 2.45) is 11.8 Å². The van der Waals surface area contributed by atoms with E-state index < -0.39 is 17.9 Å². The van der Waals surface area contributed by atoms with Crippen LogP contribution in [0.15, 0.2) is 77.1 Å². The number of esters is 2. The van der Waals surface area contributed by atoms with E-state index in [1.165, 1.54) is 0 Å². The van der Waals surface area contributed by atoms with Crippen LogP contribution in [0, 0.1) is 11.8 Å². The van der Waals surface area contributed by atoms with Crippen LogP contribution in [0.4, 0.5) is 0 Å². The second-order valence-corrected chi connectivity index (χ2v) is 9.31. The summed E-state index contributed by atoms with van der Waals surface area (Å²) in [6.45, 7) is 12.6. The fourth-order valence-corrected chi connectivity index (χ4v) is 4.35. The van der Waals surface area contributed by atoms with Gasteiger partial charge in [0.2, 0.25) is 0 Å². The highest BCUT2D eigenvalue weighted by molar-refractivity contribution is 6.00. The van der Waals surface area contributed by atoms with Crippen molar-refractivity contribution in [3.05, 3.63) is 88.3 Å². The van der Waals surface area contributed by atoms with Crippen LogP contribution in [0.3, 0.4) is 0 Å². The number of ether oxygens (including phenoxy) is 3. The second kappa shape index (κ2) is 12.4. The van der Waals surface area contributed by atoms with Crippen molar-refractivity contribution in [2.75, 3.05) is 13.2 Å². The number of carbonyl (C=O) groups is 2. The normalized spacial score (nSPS) is 14.2. The first kappa shape index (κ1) is 27.1. The quantitative estimate of drug-likeness (QED) is 0.417. The van der Waals surface area contributed by atoms with Crippen molar-refractivity contribution >= 4 is 11.9 Å². The molecule has 1 aliphatic heterocycles. The summed E-state index contributed by atoms with van der Waals surface area (Å²) in [6, 6.07) is 17.5. The third kappa shape index (κ3) is 6.17. The number of benzene rings is 2. The minimum Gasteiger partial charge on any atom is -0.489 e. The predicted molar refractivity (Wildman–Crippen MR) is 140 cm³/mol. The lowest BCUT2D eigenvalue weighted by atomic mass is 9.77. The first-order valence-corrected chi connectivity index (χ1v) is 12.6. The molecular formula is C30H37NO5. The molecule has 0 amide bonds. The molecule has 0 saturated heterocycles. The number of dihydropyridines is 1. The van der Waals surface area contributed by atoms with Gasteiger partial charge in [-0.05, 0) is 48.9 Å². The van der Waals surface area contributed by atoms with Crippen molar-refractivity contribution in [1.82, 2.24) is 5.32 Å². The summed E-state index contributed by atoms with van der Waals surface area (Å²) in [5.74, 6) is -0.772. The van der Waals surface area contributed by atoms with Gasteiger partial charge in [-0.15, -0.1) is 0 Å². The van der Waals surface area contributed by atoms with Gasteiger partial charge >= 0.3 is 11.9 Å². The lowest BCUT2D eigenvalue weighted by Gasteiger charge is -2.35. The highest BCUT2D eigenvalue weighted by Crippen LogP contribution is 2.42. The second-order valence-electron chi connectivity index (χ2n) is 9.31. The maximum atomic E-state index is 13.3. The zero-order valence-corrected chi connectivity index (χ0v) is 22.1. The van der Waals surface area contributed by atoms with Crippen molar-refractivity contribution in [3.63, 3.8) is 0 Å². The molecule has 6 nitrogen and oxygen atoms in total. The van der Waals surface area contributed by atoms with Gasteiger partial charge < -0.3 is 19.5 Å². The van der Waals surface area contributed by atoms with Gasteiger partial charge in [-0.25, -0.2) is 9.59 Å². The Balaban J connectivity index is 2.09. The van der Waals surface area contributed by atoms with E-state index in [9.17, 15) is 9.59 Å². The van der Waals surface area contributed by atoms with Gasteiger partial charge in [-0.1, -0.05) is 70.2 Å². The van der Waals surface area contributed by atoms with Crippen molar-refractivity contribution < 1.29 is 23.8 Å². The molecule has 1 heterocycles. The van der Waals surface area contributed by atoms with Crippen molar-refractivity contribution in [3.8, 4) is 5.75 Å². The van der Waals surface area contributed by atoms with Gasteiger partial charge in [-0.2, -0.15) is 0 Å². The van der Waals surface area contributed by atoms with Crippen LogP contribution in [-0.4, -0.2) is 25.2 Å². The number of nitrogens with one attached hydrogen (secondary N) is 1. The highest BCUT2D eigenvalue weighted by atomic mass is 16.5. The Kier molecular flexibility index (Phi) is 9.34. The summed E-state index contributed by atoms with van der Waals surface area (Å²) < 4.78 is 16.9. The van der Waals surface area contributed by atoms with E-state index in [1.54, 1.807) is 13.8 Å². The molecule has 0 spiro atoms. The zero-order valence-electron chi connectivity index (χ0n) is 22.1. The lowest BCUT2D eigenvalue weighted by Crippen LogP contribution is -2.37. The van der Waals surface area contributed by atoms with Crippen LogP contribution in [0.1, 0.15) is 58.6 Å². The highest BCUT2D eigenvalue weighted by Gasteiger charge is 2.41. The van der Waals surface area contributed by atoms with Crippen LogP contribution < -0.4 is 10.1 Å². The Morgan fingerprint density at radius 2 is 1.28 bits per heavy atom. The number of allylic oxidation sites excluding steroid dienone is 2.